The molecular formula is C10H10BrN3O2S2. The quantitative estimate of drug-likeness (QED) is 0.889. The van der Waals surface area contributed by atoms with Gasteiger partial charge in [-0.2, -0.15) is 0 Å². The van der Waals surface area contributed by atoms with Crippen molar-refractivity contribution in [3.05, 3.63) is 39.8 Å². The number of anilines is 2. The van der Waals surface area contributed by atoms with Gasteiger partial charge in [0.25, 0.3) is 0 Å². The number of aromatic nitrogens is 1. The van der Waals surface area contributed by atoms with Crippen LogP contribution in [0.1, 0.15) is 5.56 Å². The first-order valence-corrected chi connectivity index (χ1v) is 8.29. The standard InChI is InChI=1S/C10H10BrN3O2S2/c11-9-5-17-10(14-9)13-8-3-1-2-7(4-8)6-18(12,15)16/h1-5H,6H2,(H,13,14)(H2,12,15,16). The van der Waals surface area contributed by atoms with E-state index in [1.54, 1.807) is 18.2 Å². The van der Waals surface area contributed by atoms with E-state index >= 15 is 0 Å². The Bertz CT molecular complexity index is 655. The maximum atomic E-state index is 11.0. The summed E-state index contributed by atoms with van der Waals surface area (Å²) >= 11 is 4.71. The Morgan fingerprint density at radius 3 is 2.83 bits per heavy atom. The Labute approximate surface area is 117 Å². The van der Waals surface area contributed by atoms with Gasteiger partial charge in [0, 0.05) is 11.1 Å². The van der Waals surface area contributed by atoms with Crippen LogP contribution < -0.4 is 10.5 Å². The van der Waals surface area contributed by atoms with Crippen LogP contribution in [-0.2, 0) is 15.8 Å². The molecule has 1 aromatic carbocycles. The van der Waals surface area contributed by atoms with Gasteiger partial charge in [0.05, 0.1) is 5.75 Å². The summed E-state index contributed by atoms with van der Waals surface area (Å²) in [4.78, 5) is 4.19. The molecule has 0 saturated carbocycles. The lowest BCUT2D eigenvalue weighted by Gasteiger charge is -2.05. The van der Waals surface area contributed by atoms with Gasteiger partial charge in [-0.25, -0.2) is 18.5 Å². The molecule has 0 fully saturated rings. The minimum Gasteiger partial charge on any atom is -0.332 e. The number of nitrogens with two attached hydrogens (primary N) is 1. The zero-order valence-corrected chi connectivity index (χ0v) is 12.3. The zero-order chi connectivity index (χ0) is 13.2. The first kappa shape index (κ1) is 13.5. The number of rotatable bonds is 4. The second-order valence-electron chi connectivity index (χ2n) is 3.61. The fourth-order valence-electron chi connectivity index (χ4n) is 1.41. The molecule has 1 heterocycles. The summed E-state index contributed by atoms with van der Waals surface area (Å²) in [5.74, 6) is -0.177. The molecular weight excluding hydrogens is 338 g/mol. The second-order valence-corrected chi connectivity index (χ2v) is 6.89. The van der Waals surface area contributed by atoms with Crippen molar-refractivity contribution in [1.29, 1.82) is 0 Å². The molecule has 0 aliphatic rings. The van der Waals surface area contributed by atoms with Gasteiger partial charge in [-0.1, -0.05) is 12.1 Å². The van der Waals surface area contributed by atoms with Crippen molar-refractivity contribution >= 4 is 48.1 Å². The summed E-state index contributed by atoms with van der Waals surface area (Å²) in [5, 5.41) is 10.7. The highest BCUT2D eigenvalue weighted by Crippen LogP contribution is 2.24. The van der Waals surface area contributed by atoms with E-state index in [2.05, 4.69) is 26.2 Å². The van der Waals surface area contributed by atoms with Crippen LogP contribution >= 0.6 is 27.3 Å². The number of nitrogens with one attached hydrogen (secondary N) is 1. The lowest BCUT2D eigenvalue weighted by atomic mass is 10.2. The molecule has 2 aromatic rings. The summed E-state index contributed by atoms with van der Waals surface area (Å²) in [6.07, 6.45) is 0. The first-order valence-electron chi connectivity index (χ1n) is 4.90. The maximum Gasteiger partial charge on any atom is 0.213 e. The number of sulfonamides is 1. The van der Waals surface area contributed by atoms with Crippen molar-refractivity contribution in [2.24, 2.45) is 5.14 Å². The molecule has 0 amide bonds. The molecule has 0 atom stereocenters. The third-order valence-corrected chi connectivity index (χ3v) is 4.22. The molecule has 3 N–H and O–H groups in total. The molecule has 0 spiro atoms. The van der Waals surface area contributed by atoms with E-state index in [0.717, 1.165) is 15.4 Å². The average Bonchev–Trinajstić information content (AvgIpc) is 2.62. The minimum absolute atomic E-state index is 0.177. The molecule has 0 aliphatic heterocycles. The molecule has 0 bridgehead atoms. The van der Waals surface area contributed by atoms with Crippen LogP contribution in [0.5, 0.6) is 0 Å². The van der Waals surface area contributed by atoms with Gasteiger partial charge in [-0.3, -0.25) is 0 Å². The van der Waals surface area contributed by atoms with Crippen molar-refractivity contribution in [2.75, 3.05) is 5.32 Å². The number of thiazole rings is 1. The molecule has 0 radical (unpaired) electrons. The van der Waals surface area contributed by atoms with Crippen molar-refractivity contribution in [2.45, 2.75) is 5.75 Å². The molecule has 0 unspecified atom stereocenters. The predicted molar refractivity (Wildman–Crippen MR) is 76.3 cm³/mol. The summed E-state index contributed by atoms with van der Waals surface area (Å²) in [6, 6.07) is 7.06. The number of hydrogen-bond acceptors (Lipinski definition) is 5. The summed E-state index contributed by atoms with van der Waals surface area (Å²) in [6.45, 7) is 0. The Kier molecular flexibility index (Phi) is 4.00. The number of benzene rings is 1. The molecule has 0 saturated heterocycles. The van der Waals surface area contributed by atoms with Gasteiger partial charge in [0.15, 0.2) is 5.13 Å². The van der Waals surface area contributed by atoms with E-state index in [1.165, 1.54) is 11.3 Å². The Balaban J connectivity index is 2.17. The monoisotopic (exact) mass is 347 g/mol. The predicted octanol–water partition coefficient (Wildman–Crippen LogP) is 2.44. The normalized spacial score (nSPS) is 11.4. The van der Waals surface area contributed by atoms with Crippen molar-refractivity contribution in [1.82, 2.24) is 4.98 Å². The molecule has 0 aliphatic carbocycles. The molecule has 5 nitrogen and oxygen atoms in total. The number of halogens is 1. The van der Waals surface area contributed by atoms with Crippen LogP contribution in [0.4, 0.5) is 10.8 Å². The number of hydrogen-bond donors (Lipinski definition) is 2. The van der Waals surface area contributed by atoms with E-state index in [4.69, 9.17) is 5.14 Å². The van der Waals surface area contributed by atoms with E-state index in [1.807, 2.05) is 11.4 Å². The van der Waals surface area contributed by atoms with E-state index < -0.39 is 10.0 Å². The van der Waals surface area contributed by atoms with Crippen LogP contribution in [0, 0.1) is 0 Å². The highest BCUT2D eigenvalue weighted by Gasteiger charge is 2.06. The summed E-state index contributed by atoms with van der Waals surface area (Å²) in [7, 11) is -3.51. The van der Waals surface area contributed by atoms with Gasteiger partial charge in [0.1, 0.15) is 4.60 Å². The maximum absolute atomic E-state index is 11.0. The minimum atomic E-state index is -3.51. The van der Waals surface area contributed by atoms with E-state index in [-0.39, 0.29) is 5.75 Å². The first-order chi connectivity index (χ1) is 8.42. The summed E-state index contributed by atoms with van der Waals surface area (Å²) in [5.41, 5.74) is 1.41. The lowest BCUT2D eigenvalue weighted by Crippen LogP contribution is -2.14. The SMILES string of the molecule is NS(=O)(=O)Cc1cccc(Nc2nc(Br)cs2)c1. The Morgan fingerprint density at radius 2 is 2.22 bits per heavy atom. The van der Waals surface area contributed by atoms with Crippen LogP contribution in [0.15, 0.2) is 34.2 Å². The average molecular weight is 348 g/mol. The van der Waals surface area contributed by atoms with Gasteiger partial charge < -0.3 is 5.32 Å². The van der Waals surface area contributed by atoms with Crippen LogP contribution in [-0.4, -0.2) is 13.4 Å². The van der Waals surface area contributed by atoms with Gasteiger partial charge in [-0.05, 0) is 33.6 Å². The third-order valence-electron chi connectivity index (χ3n) is 2.02. The molecule has 96 valence electrons. The van der Waals surface area contributed by atoms with E-state index in [0.29, 0.717) is 5.56 Å². The number of primary sulfonamides is 1. The van der Waals surface area contributed by atoms with Crippen LogP contribution in [0.3, 0.4) is 0 Å². The van der Waals surface area contributed by atoms with Gasteiger partial charge in [-0.15, -0.1) is 11.3 Å². The smallest absolute Gasteiger partial charge is 0.213 e. The van der Waals surface area contributed by atoms with Gasteiger partial charge >= 0.3 is 0 Å². The molecule has 2 rings (SSSR count). The molecule has 1 aromatic heterocycles. The second kappa shape index (κ2) is 5.35. The molecule has 18 heavy (non-hydrogen) atoms. The van der Waals surface area contributed by atoms with Gasteiger partial charge in [0.2, 0.25) is 10.0 Å². The van der Waals surface area contributed by atoms with Crippen molar-refractivity contribution in [3.63, 3.8) is 0 Å². The lowest BCUT2D eigenvalue weighted by molar-refractivity contribution is 0.597. The fraction of sp³-hybridized carbons (Fsp3) is 0.100. The largest absolute Gasteiger partial charge is 0.332 e. The van der Waals surface area contributed by atoms with Crippen LogP contribution in [0.25, 0.3) is 0 Å². The highest BCUT2D eigenvalue weighted by molar-refractivity contribution is 9.10. The zero-order valence-electron chi connectivity index (χ0n) is 9.13. The topological polar surface area (TPSA) is 85.1 Å². The molecule has 8 heteroatoms. The van der Waals surface area contributed by atoms with Crippen LogP contribution in [0.2, 0.25) is 0 Å². The summed E-state index contributed by atoms with van der Waals surface area (Å²) < 4.78 is 22.8. The third kappa shape index (κ3) is 4.05. The number of nitrogens with zero attached hydrogens (tertiary/aromatic N) is 1. The van der Waals surface area contributed by atoms with E-state index in [9.17, 15) is 8.42 Å². The fourth-order valence-corrected chi connectivity index (χ4v) is 3.21. The van der Waals surface area contributed by atoms with Crippen molar-refractivity contribution < 1.29 is 8.42 Å². The Hall–Kier alpha value is -0.960. The highest BCUT2D eigenvalue weighted by atomic mass is 79.9. The Morgan fingerprint density at radius 1 is 1.44 bits per heavy atom. The van der Waals surface area contributed by atoms with Crippen molar-refractivity contribution in [3.8, 4) is 0 Å².